The maximum atomic E-state index is 12.0. The largest absolute Gasteiger partial charge is 0.444 e. The summed E-state index contributed by atoms with van der Waals surface area (Å²) in [6.07, 6.45) is 1.50. The van der Waals surface area contributed by atoms with E-state index < -0.39 is 5.60 Å². The summed E-state index contributed by atoms with van der Waals surface area (Å²) in [5, 5.41) is 12.3. The van der Waals surface area contributed by atoms with E-state index in [4.69, 9.17) is 16.3 Å². The number of nitrogens with one attached hydrogen (secondary N) is 1. The van der Waals surface area contributed by atoms with Crippen LogP contribution in [0.25, 0.3) is 11.3 Å². The van der Waals surface area contributed by atoms with Crippen molar-refractivity contribution in [2.24, 2.45) is 0 Å². The van der Waals surface area contributed by atoms with Gasteiger partial charge in [-0.25, -0.2) is 4.79 Å². The van der Waals surface area contributed by atoms with Gasteiger partial charge in [0.2, 0.25) is 0 Å². The summed E-state index contributed by atoms with van der Waals surface area (Å²) in [5.41, 5.74) is 1.10. The predicted octanol–water partition coefficient (Wildman–Crippen LogP) is 4.29. The van der Waals surface area contributed by atoms with Gasteiger partial charge in [-0.1, -0.05) is 29.8 Å². The van der Waals surface area contributed by atoms with E-state index in [0.717, 1.165) is 36.5 Å². The first-order chi connectivity index (χ1) is 12.8. The minimum Gasteiger partial charge on any atom is -0.444 e. The Balaban J connectivity index is 1.64. The molecule has 3 rings (SSSR count). The number of alkyl carbamates (subject to hydrolysis) is 1. The van der Waals surface area contributed by atoms with Crippen molar-refractivity contribution < 1.29 is 9.53 Å². The molecule has 7 heteroatoms. The number of anilines is 1. The van der Waals surface area contributed by atoms with Gasteiger partial charge in [0.05, 0.1) is 10.7 Å². The highest BCUT2D eigenvalue weighted by Crippen LogP contribution is 2.26. The zero-order valence-corrected chi connectivity index (χ0v) is 16.7. The van der Waals surface area contributed by atoms with Crippen LogP contribution in [0.4, 0.5) is 10.6 Å². The molecule has 1 fully saturated rings. The standard InChI is InChI=1S/C20H25ClN4O2/c1-20(2,3)27-19(26)22-14-7-6-12-25(13-14)18-11-10-17(23-24-18)15-8-4-5-9-16(15)21/h4-5,8-11,14H,6-7,12-13H2,1-3H3,(H,22,26)/t14-/m1/s1. The number of halogens is 1. The Morgan fingerprint density at radius 2 is 2.00 bits per heavy atom. The van der Waals surface area contributed by atoms with E-state index in [-0.39, 0.29) is 12.1 Å². The van der Waals surface area contributed by atoms with Crippen LogP contribution in [0.15, 0.2) is 36.4 Å². The van der Waals surface area contributed by atoms with E-state index in [2.05, 4.69) is 20.4 Å². The third kappa shape index (κ3) is 5.32. The Bertz CT molecular complexity index is 789. The molecule has 1 aliphatic rings. The van der Waals surface area contributed by atoms with Crippen molar-refractivity contribution in [3.05, 3.63) is 41.4 Å². The average molecular weight is 389 g/mol. The molecule has 0 radical (unpaired) electrons. The fourth-order valence-electron chi connectivity index (χ4n) is 3.08. The molecule has 1 aliphatic heterocycles. The summed E-state index contributed by atoms with van der Waals surface area (Å²) in [4.78, 5) is 14.1. The molecule has 0 bridgehead atoms. The Kier molecular flexibility index (Phi) is 5.85. The van der Waals surface area contributed by atoms with Crippen LogP contribution >= 0.6 is 11.6 Å². The lowest BCUT2D eigenvalue weighted by Crippen LogP contribution is -2.49. The Morgan fingerprint density at radius 3 is 2.67 bits per heavy atom. The van der Waals surface area contributed by atoms with Crippen LogP contribution in [-0.2, 0) is 4.74 Å². The lowest BCUT2D eigenvalue weighted by atomic mass is 10.1. The number of aromatic nitrogens is 2. The van der Waals surface area contributed by atoms with Gasteiger partial charge in [-0.3, -0.25) is 0 Å². The van der Waals surface area contributed by atoms with E-state index in [0.29, 0.717) is 11.6 Å². The number of rotatable bonds is 3. The molecular formula is C20H25ClN4O2. The molecule has 0 saturated carbocycles. The van der Waals surface area contributed by atoms with E-state index in [1.807, 2.05) is 57.2 Å². The first kappa shape index (κ1) is 19.4. The molecule has 1 N–H and O–H groups in total. The normalized spacial score (nSPS) is 17.5. The van der Waals surface area contributed by atoms with Crippen LogP contribution in [0.1, 0.15) is 33.6 Å². The monoisotopic (exact) mass is 388 g/mol. The van der Waals surface area contributed by atoms with Crippen molar-refractivity contribution in [3.63, 3.8) is 0 Å². The van der Waals surface area contributed by atoms with Crippen molar-refractivity contribution in [1.82, 2.24) is 15.5 Å². The predicted molar refractivity (Wildman–Crippen MR) is 107 cm³/mol. The first-order valence-electron chi connectivity index (χ1n) is 9.15. The SMILES string of the molecule is CC(C)(C)OC(=O)N[C@@H]1CCCN(c2ccc(-c3ccccc3Cl)nn2)C1. The molecular weight excluding hydrogens is 364 g/mol. The molecule has 0 spiro atoms. The molecule has 6 nitrogen and oxygen atoms in total. The number of piperidine rings is 1. The Labute approximate surface area is 164 Å². The topological polar surface area (TPSA) is 67.3 Å². The molecule has 1 atom stereocenters. The summed E-state index contributed by atoms with van der Waals surface area (Å²) in [6.45, 7) is 7.13. The highest BCUT2D eigenvalue weighted by Gasteiger charge is 2.25. The minimum atomic E-state index is -0.502. The van der Waals surface area contributed by atoms with Gasteiger partial charge in [0.1, 0.15) is 5.60 Å². The van der Waals surface area contributed by atoms with E-state index in [1.54, 1.807) is 0 Å². The van der Waals surface area contributed by atoms with Crippen molar-refractivity contribution in [2.75, 3.05) is 18.0 Å². The zero-order chi connectivity index (χ0) is 19.4. The molecule has 1 saturated heterocycles. The van der Waals surface area contributed by atoms with Gasteiger partial charge in [-0.05, 0) is 51.8 Å². The number of ether oxygens (including phenoxy) is 1. The highest BCUT2D eigenvalue weighted by molar-refractivity contribution is 6.33. The summed E-state index contributed by atoms with van der Waals surface area (Å²) < 4.78 is 5.35. The van der Waals surface area contributed by atoms with Gasteiger partial charge in [-0.15, -0.1) is 10.2 Å². The second kappa shape index (κ2) is 8.13. The third-order valence-electron chi connectivity index (χ3n) is 4.27. The van der Waals surface area contributed by atoms with E-state index >= 15 is 0 Å². The molecule has 1 aromatic carbocycles. The van der Waals surface area contributed by atoms with Crippen molar-refractivity contribution in [1.29, 1.82) is 0 Å². The van der Waals surface area contributed by atoms with Crippen LogP contribution in [0.3, 0.4) is 0 Å². The van der Waals surface area contributed by atoms with E-state index in [9.17, 15) is 4.79 Å². The molecule has 0 aliphatic carbocycles. The number of nitrogens with zero attached hydrogens (tertiary/aromatic N) is 3. The lowest BCUT2D eigenvalue weighted by Gasteiger charge is -2.34. The summed E-state index contributed by atoms with van der Waals surface area (Å²) >= 11 is 6.23. The van der Waals surface area contributed by atoms with Crippen LogP contribution in [-0.4, -0.2) is 41.0 Å². The number of benzene rings is 1. The Morgan fingerprint density at radius 1 is 1.22 bits per heavy atom. The molecule has 144 valence electrons. The highest BCUT2D eigenvalue weighted by atomic mass is 35.5. The second-order valence-electron chi connectivity index (χ2n) is 7.69. The van der Waals surface area contributed by atoms with Crippen LogP contribution in [0.5, 0.6) is 0 Å². The van der Waals surface area contributed by atoms with E-state index in [1.165, 1.54) is 0 Å². The molecule has 1 aromatic heterocycles. The summed E-state index contributed by atoms with van der Waals surface area (Å²) in [6, 6.07) is 11.5. The average Bonchev–Trinajstić information content (AvgIpc) is 2.61. The zero-order valence-electron chi connectivity index (χ0n) is 15.9. The van der Waals surface area contributed by atoms with Crippen molar-refractivity contribution in [3.8, 4) is 11.3 Å². The van der Waals surface area contributed by atoms with Gasteiger partial charge < -0.3 is 15.0 Å². The molecule has 0 unspecified atom stereocenters. The number of carbonyl (C=O) groups excluding carboxylic acids is 1. The summed E-state index contributed by atoms with van der Waals surface area (Å²) in [5.74, 6) is 0.793. The van der Waals surface area contributed by atoms with Crippen LogP contribution in [0.2, 0.25) is 5.02 Å². The van der Waals surface area contributed by atoms with Gasteiger partial charge in [0, 0.05) is 24.7 Å². The first-order valence-corrected chi connectivity index (χ1v) is 9.53. The fourth-order valence-corrected chi connectivity index (χ4v) is 3.32. The molecule has 2 aromatic rings. The maximum absolute atomic E-state index is 12.0. The van der Waals surface area contributed by atoms with Crippen molar-refractivity contribution in [2.45, 2.75) is 45.3 Å². The van der Waals surface area contributed by atoms with Gasteiger partial charge in [0.25, 0.3) is 0 Å². The number of hydrogen-bond acceptors (Lipinski definition) is 5. The fraction of sp³-hybridized carbons (Fsp3) is 0.450. The van der Waals surface area contributed by atoms with Crippen molar-refractivity contribution >= 4 is 23.5 Å². The third-order valence-corrected chi connectivity index (χ3v) is 4.60. The van der Waals surface area contributed by atoms with Gasteiger partial charge >= 0.3 is 6.09 Å². The summed E-state index contributed by atoms with van der Waals surface area (Å²) in [7, 11) is 0. The lowest BCUT2D eigenvalue weighted by molar-refractivity contribution is 0.0500. The smallest absolute Gasteiger partial charge is 0.407 e. The number of amides is 1. The van der Waals surface area contributed by atoms with Gasteiger partial charge in [0.15, 0.2) is 5.82 Å². The maximum Gasteiger partial charge on any atom is 0.407 e. The molecule has 1 amide bonds. The van der Waals surface area contributed by atoms with Crippen LogP contribution < -0.4 is 10.2 Å². The molecule has 27 heavy (non-hydrogen) atoms. The Hall–Kier alpha value is -2.34. The number of carbonyl (C=O) groups is 1. The quantitative estimate of drug-likeness (QED) is 0.849. The van der Waals surface area contributed by atoms with Gasteiger partial charge in [-0.2, -0.15) is 0 Å². The number of hydrogen-bond donors (Lipinski definition) is 1. The van der Waals surface area contributed by atoms with Crippen LogP contribution in [0, 0.1) is 0 Å². The molecule has 2 heterocycles. The second-order valence-corrected chi connectivity index (χ2v) is 8.10. The minimum absolute atomic E-state index is 0.0265.